The summed E-state index contributed by atoms with van der Waals surface area (Å²) in [7, 11) is 0. The third kappa shape index (κ3) is 6.73. The Morgan fingerprint density at radius 1 is 1.28 bits per heavy atom. The summed E-state index contributed by atoms with van der Waals surface area (Å²) in [6, 6.07) is 6.80. The molecule has 1 amide bonds. The average molecular weight is 463 g/mol. The van der Waals surface area contributed by atoms with Crippen LogP contribution in [0.5, 0.6) is 0 Å². The van der Waals surface area contributed by atoms with E-state index in [2.05, 4.69) is 15.6 Å². The number of nitrogens with one attached hydrogen (secondary N) is 2. The second-order valence-corrected chi connectivity index (χ2v) is 9.63. The van der Waals surface area contributed by atoms with Crippen LogP contribution in [-0.4, -0.2) is 41.2 Å². The van der Waals surface area contributed by atoms with Gasteiger partial charge < -0.3 is 20.3 Å². The van der Waals surface area contributed by atoms with E-state index < -0.39 is 5.60 Å². The molecule has 2 N–H and O–H groups in total. The van der Waals surface area contributed by atoms with Crippen LogP contribution < -0.4 is 10.6 Å². The fraction of sp³-hybridized carbons (Fsp3) is 0.500. The SMILES string of the molecule is Cc1cccc(F)c1NCc1cnc(Cl)cc1NCC1CCN(C(=O)OC(C)(C)C)CC1. The van der Waals surface area contributed by atoms with Gasteiger partial charge in [-0.2, -0.15) is 0 Å². The number of ether oxygens (including phenoxy) is 1. The van der Waals surface area contributed by atoms with Gasteiger partial charge in [-0.3, -0.25) is 0 Å². The van der Waals surface area contributed by atoms with Crippen molar-refractivity contribution >= 4 is 29.1 Å². The summed E-state index contributed by atoms with van der Waals surface area (Å²) in [4.78, 5) is 18.2. The number of pyridine rings is 1. The maximum absolute atomic E-state index is 14.1. The number of likely N-dealkylation sites (tertiary alicyclic amines) is 1. The van der Waals surface area contributed by atoms with E-state index in [0.29, 0.717) is 36.4 Å². The van der Waals surface area contributed by atoms with E-state index in [1.54, 1.807) is 23.2 Å². The molecule has 0 saturated carbocycles. The molecule has 0 radical (unpaired) electrons. The van der Waals surface area contributed by atoms with Crippen molar-refractivity contribution in [3.63, 3.8) is 0 Å². The minimum absolute atomic E-state index is 0.248. The first-order chi connectivity index (χ1) is 15.1. The molecule has 1 aromatic heterocycles. The number of hydrogen-bond donors (Lipinski definition) is 2. The number of hydrogen-bond acceptors (Lipinski definition) is 5. The highest BCUT2D eigenvalue weighted by Crippen LogP contribution is 2.25. The lowest BCUT2D eigenvalue weighted by Crippen LogP contribution is -2.42. The van der Waals surface area contributed by atoms with Crippen LogP contribution in [-0.2, 0) is 11.3 Å². The van der Waals surface area contributed by atoms with Crippen molar-refractivity contribution in [1.82, 2.24) is 9.88 Å². The number of para-hydroxylation sites is 1. The molecule has 1 saturated heterocycles. The predicted molar refractivity (Wildman–Crippen MR) is 127 cm³/mol. The molecule has 2 heterocycles. The minimum atomic E-state index is -0.484. The number of carbonyl (C=O) groups excluding carboxylic acids is 1. The number of amides is 1. The second kappa shape index (κ2) is 10.4. The third-order valence-corrected chi connectivity index (χ3v) is 5.68. The molecule has 1 aromatic carbocycles. The summed E-state index contributed by atoms with van der Waals surface area (Å²) in [6.45, 7) is 10.0. The van der Waals surface area contributed by atoms with E-state index in [4.69, 9.17) is 16.3 Å². The van der Waals surface area contributed by atoms with Crippen LogP contribution in [0, 0.1) is 18.7 Å². The van der Waals surface area contributed by atoms with E-state index >= 15 is 0 Å². The smallest absolute Gasteiger partial charge is 0.410 e. The van der Waals surface area contributed by atoms with Gasteiger partial charge in [0, 0.05) is 43.6 Å². The lowest BCUT2D eigenvalue weighted by Gasteiger charge is -2.33. The number of carbonyl (C=O) groups is 1. The van der Waals surface area contributed by atoms with Crippen molar-refractivity contribution < 1.29 is 13.9 Å². The number of aryl methyl sites for hydroxylation is 1. The van der Waals surface area contributed by atoms with Gasteiger partial charge in [0.25, 0.3) is 0 Å². The van der Waals surface area contributed by atoms with Gasteiger partial charge in [0.15, 0.2) is 0 Å². The van der Waals surface area contributed by atoms with Crippen LogP contribution >= 0.6 is 11.6 Å². The fourth-order valence-electron chi connectivity index (χ4n) is 3.70. The summed E-state index contributed by atoms with van der Waals surface area (Å²) >= 11 is 6.12. The van der Waals surface area contributed by atoms with Gasteiger partial charge in [-0.05, 0) is 64.2 Å². The number of aromatic nitrogens is 1. The predicted octanol–water partition coefficient (Wildman–Crippen LogP) is 5.85. The molecule has 0 bridgehead atoms. The van der Waals surface area contributed by atoms with Crippen molar-refractivity contribution in [2.75, 3.05) is 30.3 Å². The number of halogens is 2. The number of nitrogens with zero attached hydrogens (tertiary/aromatic N) is 2. The molecule has 0 unspecified atom stereocenters. The number of rotatable bonds is 6. The van der Waals surface area contributed by atoms with Crippen LogP contribution in [0.25, 0.3) is 0 Å². The Hall–Kier alpha value is -2.54. The molecule has 0 spiro atoms. The minimum Gasteiger partial charge on any atom is -0.444 e. The van der Waals surface area contributed by atoms with Gasteiger partial charge >= 0.3 is 6.09 Å². The quantitative estimate of drug-likeness (QED) is 0.527. The lowest BCUT2D eigenvalue weighted by molar-refractivity contribution is 0.0188. The molecular formula is C24H32ClFN4O2. The average Bonchev–Trinajstić information content (AvgIpc) is 2.72. The van der Waals surface area contributed by atoms with Gasteiger partial charge in [-0.15, -0.1) is 0 Å². The highest BCUT2D eigenvalue weighted by Gasteiger charge is 2.26. The zero-order valence-corrected chi connectivity index (χ0v) is 19.9. The van der Waals surface area contributed by atoms with Crippen LogP contribution in [0.1, 0.15) is 44.7 Å². The summed E-state index contributed by atoms with van der Waals surface area (Å²) < 4.78 is 19.6. The van der Waals surface area contributed by atoms with Crippen molar-refractivity contribution in [2.24, 2.45) is 5.92 Å². The van der Waals surface area contributed by atoms with E-state index in [-0.39, 0.29) is 11.9 Å². The maximum atomic E-state index is 14.1. The molecule has 174 valence electrons. The standard InChI is InChI=1S/C24H32ClFN4O2/c1-16-6-5-7-19(26)22(16)29-15-18-14-28-21(25)12-20(18)27-13-17-8-10-30(11-9-17)23(31)32-24(2,3)4/h5-7,12,14,17,29H,8-11,13,15H2,1-4H3,(H,27,28). The van der Waals surface area contributed by atoms with E-state index in [9.17, 15) is 9.18 Å². The molecule has 1 fully saturated rings. The van der Waals surface area contributed by atoms with Gasteiger partial charge in [-0.25, -0.2) is 14.2 Å². The Morgan fingerprint density at radius 3 is 2.66 bits per heavy atom. The highest BCUT2D eigenvalue weighted by atomic mass is 35.5. The first kappa shape index (κ1) is 24.1. The highest BCUT2D eigenvalue weighted by molar-refractivity contribution is 6.29. The maximum Gasteiger partial charge on any atom is 0.410 e. The van der Waals surface area contributed by atoms with Crippen molar-refractivity contribution in [2.45, 2.75) is 52.7 Å². The number of benzene rings is 1. The summed E-state index contributed by atoms with van der Waals surface area (Å²) in [6.07, 6.45) is 3.25. The van der Waals surface area contributed by atoms with Crippen LogP contribution in [0.4, 0.5) is 20.6 Å². The molecule has 8 heteroatoms. The Morgan fingerprint density at radius 2 is 2.00 bits per heavy atom. The van der Waals surface area contributed by atoms with E-state index in [0.717, 1.165) is 36.2 Å². The first-order valence-electron chi connectivity index (χ1n) is 11.0. The topological polar surface area (TPSA) is 66.5 Å². The molecule has 1 aliphatic heterocycles. The normalized spacial score (nSPS) is 14.9. The molecule has 6 nitrogen and oxygen atoms in total. The Kier molecular flexibility index (Phi) is 7.82. The van der Waals surface area contributed by atoms with Crippen LogP contribution in [0.3, 0.4) is 0 Å². The molecule has 32 heavy (non-hydrogen) atoms. The molecule has 0 atom stereocenters. The second-order valence-electron chi connectivity index (χ2n) is 9.24. The largest absolute Gasteiger partial charge is 0.444 e. The van der Waals surface area contributed by atoms with Gasteiger partial charge in [-0.1, -0.05) is 23.7 Å². The van der Waals surface area contributed by atoms with E-state index in [1.165, 1.54) is 6.07 Å². The molecule has 2 aromatic rings. The van der Waals surface area contributed by atoms with Gasteiger partial charge in [0.1, 0.15) is 16.6 Å². The monoisotopic (exact) mass is 462 g/mol. The van der Waals surface area contributed by atoms with E-state index in [1.807, 2.05) is 33.8 Å². The zero-order chi connectivity index (χ0) is 23.3. The third-order valence-electron chi connectivity index (χ3n) is 5.48. The lowest BCUT2D eigenvalue weighted by atomic mass is 9.97. The number of piperidine rings is 1. The Bertz CT molecular complexity index is 920. The van der Waals surface area contributed by atoms with Crippen LogP contribution in [0.15, 0.2) is 30.5 Å². The Balaban J connectivity index is 1.55. The molecule has 3 rings (SSSR count). The zero-order valence-electron chi connectivity index (χ0n) is 19.2. The van der Waals surface area contributed by atoms with Crippen molar-refractivity contribution in [3.8, 4) is 0 Å². The summed E-state index contributed by atoms with van der Waals surface area (Å²) in [5.41, 5.74) is 2.63. The summed E-state index contributed by atoms with van der Waals surface area (Å²) in [5, 5.41) is 7.06. The summed E-state index contributed by atoms with van der Waals surface area (Å²) in [5.74, 6) is 0.147. The first-order valence-corrected chi connectivity index (χ1v) is 11.4. The molecule has 0 aliphatic carbocycles. The van der Waals surface area contributed by atoms with Crippen molar-refractivity contribution in [1.29, 1.82) is 0 Å². The van der Waals surface area contributed by atoms with Gasteiger partial charge in [0.2, 0.25) is 0 Å². The number of anilines is 2. The van der Waals surface area contributed by atoms with Gasteiger partial charge in [0.05, 0.1) is 5.69 Å². The molecule has 1 aliphatic rings. The Labute approximate surface area is 194 Å². The fourth-order valence-corrected chi connectivity index (χ4v) is 3.86. The van der Waals surface area contributed by atoms with Crippen molar-refractivity contribution in [3.05, 3.63) is 52.6 Å². The van der Waals surface area contributed by atoms with Crippen LogP contribution in [0.2, 0.25) is 5.15 Å². The molecular weight excluding hydrogens is 431 g/mol.